The van der Waals surface area contributed by atoms with E-state index in [2.05, 4.69) is 45.5 Å². The van der Waals surface area contributed by atoms with Gasteiger partial charge in [0.15, 0.2) is 5.96 Å². The zero-order chi connectivity index (χ0) is 16.8. The molecule has 4 heteroatoms. The number of hydrogen-bond acceptors (Lipinski definition) is 1. The van der Waals surface area contributed by atoms with Crippen LogP contribution in [-0.4, -0.2) is 37.5 Å². The fourth-order valence-electron chi connectivity index (χ4n) is 3.25. The van der Waals surface area contributed by atoms with Gasteiger partial charge in [-0.25, -0.2) is 4.39 Å². The molecule has 1 unspecified atom stereocenters. The minimum atomic E-state index is -0.188. The van der Waals surface area contributed by atoms with Crippen molar-refractivity contribution < 1.29 is 4.39 Å². The molecule has 2 aromatic rings. The molecule has 0 spiro atoms. The first kappa shape index (κ1) is 16.5. The summed E-state index contributed by atoms with van der Waals surface area (Å²) in [6.07, 6.45) is 2.01. The van der Waals surface area contributed by atoms with E-state index in [0.29, 0.717) is 5.92 Å². The van der Waals surface area contributed by atoms with Gasteiger partial charge in [-0.1, -0.05) is 42.5 Å². The Labute approximate surface area is 143 Å². The zero-order valence-electron chi connectivity index (χ0n) is 14.1. The van der Waals surface area contributed by atoms with E-state index < -0.39 is 0 Å². The SMILES string of the molecule is CN=C(NCCc1ccc(F)cc1)N1CCC(c2ccccc2)C1. The van der Waals surface area contributed by atoms with Crippen LogP contribution >= 0.6 is 0 Å². The molecule has 1 fully saturated rings. The van der Waals surface area contributed by atoms with Crippen LogP contribution in [0, 0.1) is 5.82 Å². The Morgan fingerprint density at radius 2 is 1.92 bits per heavy atom. The van der Waals surface area contributed by atoms with E-state index in [9.17, 15) is 4.39 Å². The number of aliphatic imine (C=N–C) groups is 1. The van der Waals surface area contributed by atoms with Gasteiger partial charge < -0.3 is 10.2 Å². The van der Waals surface area contributed by atoms with Crippen molar-refractivity contribution in [2.24, 2.45) is 4.99 Å². The van der Waals surface area contributed by atoms with Crippen molar-refractivity contribution in [2.45, 2.75) is 18.8 Å². The number of likely N-dealkylation sites (tertiary alicyclic amines) is 1. The number of benzene rings is 2. The quantitative estimate of drug-likeness (QED) is 0.689. The molecule has 24 heavy (non-hydrogen) atoms. The van der Waals surface area contributed by atoms with Crippen LogP contribution in [0.5, 0.6) is 0 Å². The maximum Gasteiger partial charge on any atom is 0.193 e. The van der Waals surface area contributed by atoms with E-state index in [0.717, 1.165) is 44.0 Å². The van der Waals surface area contributed by atoms with Gasteiger partial charge >= 0.3 is 0 Å². The minimum Gasteiger partial charge on any atom is -0.356 e. The molecule has 0 bridgehead atoms. The summed E-state index contributed by atoms with van der Waals surface area (Å²) < 4.78 is 12.9. The van der Waals surface area contributed by atoms with Gasteiger partial charge in [0.25, 0.3) is 0 Å². The van der Waals surface area contributed by atoms with Gasteiger partial charge in [-0.3, -0.25) is 4.99 Å². The van der Waals surface area contributed by atoms with Gasteiger partial charge in [-0.05, 0) is 36.1 Å². The molecule has 3 rings (SSSR count). The molecular formula is C20H24FN3. The maximum absolute atomic E-state index is 12.9. The van der Waals surface area contributed by atoms with Gasteiger partial charge in [-0.15, -0.1) is 0 Å². The van der Waals surface area contributed by atoms with E-state index in [1.165, 1.54) is 17.7 Å². The van der Waals surface area contributed by atoms with Crippen LogP contribution < -0.4 is 5.32 Å². The fraction of sp³-hybridized carbons (Fsp3) is 0.350. The van der Waals surface area contributed by atoms with Gasteiger partial charge in [0.1, 0.15) is 5.82 Å². The van der Waals surface area contributed by atoms with E-state index in [1.807, 2.05) is 19.2 Å². The Hall–Kier alpha value is -2.36. The third-order valence-electron chi connectivity index (χ3n) is 4.58. The van der Waals surface area contributed by atoms with Crippen LogP contribution in [0.3, 0.4) is 0 Å². The van der Waals surface area contributed by atoms with Crippen molar-refractivity contribution in [1.29, 1.82) is 0 Å². The molecule has 1 heterocycles. The predicted molar refractivity (Wildman–Crippen MR) is 96.8 cm³/mol. The Morgan fingerprint density at radius 3 is 2.62 bits per heavy atom. The number of hydrogen-bond donors (Lipinski definition) is 1. The molecule has 1 aliphatic rings. The Balaban J connectivity index is 1.51. The third kappa shape index (κ3) is 4.13. The Bertz CT molecular complexity index is 667. The number of nitrogens with one attached hydrogen (secondary N) is 1. The highest BCUT2D eigenvalue weighted by molar-refractivity contribution is 5.80. The van der Waals surface area contributed by atoms with Crippen LogP contribution in [0.4, 0.5) is 4.39 Å². The molecule has 126 valence electrons. The lowest BCUT2D eigenvalue weighted by atomic mass is 9.99. The molecule has 1 aliphatic heterocycles. The average molecular weight is 325 g/mol. The molecule has 1 N–H and O–H groups in total. The highest BCUT2D eigenvalue weighted by Crippen LogP contribution is 2.26. The highest BCUT2D eigenvalue weighted by Gasteiger charge is 2.25. The summed E-state index contributed by atoms with van der Waals surface area (Å²) >= 11 is 0. The molecule has 0 amide bonds. The predicted octanol–water partition coefficient (Wildman–Crippen LogP) is 3.43. The van der Waals surface area contributed by atoms with Gasteiger partial charge in [0, 0.05) is 32.6 Å². The topological polar surface area (TPSA) is 27.6 Å². The van der Waals surface area contributed by atoms with Crippen LogP contribution in [0.2, 0.25) is 0 Å². The van der Waals surface area contributed by atoms with Crippen LogP contribution in [0.1, 0.15) is 23.5 Å². The summed E-state index contributed by atoms with van der Waals surface area (Å²) in [5.41, 5.74) is 2.53. The fourth-order valence-corrected chi connectivity index (χ4v) is 3.25. The molecule has 3 nitrogen and oxygen atoms in total. The summed E-state index contributed by atoms with van der Waals surface area (Å²) in [7, 11) is 1.83. The van der Waals surface area contributed by atoms with Crippen LogP contribution in [0.15, 0.2) is 59.6 Å². The molecule has 0 radical (unpaired) electrons. The maximum atomic E-state index is 12.9. The summed E-state index contributed by atoms with van der Waals surface area (Å²) in [5, 5.41) is 3.43. The summed E-state index contributed by atoms with van der Waals surface area (Å²) in [5.74, 6) is 1.34. The van der Waals surface area contributed by atoms with E-state index in [1.54, 1.807) is 0 Å². The number of nitrogens with zero attached hydrogens (tertiary/aromatic N) is 2. The molecule has 0 aromatic heterocycles. The first-order valence-electron chi connectivity index (χ1n) is 8.51. The molecule has 0 aliphatic carbocycles. The Morgan fingerprint density at radius 1 is 1.17 bits per heavy atom. The average Bonchev–Trinajstić information content (AvgIpc) is 3.11. The summed E-state index contributed by atoms with van der Waals surface area (Å²) in [6.45, 7) is 2.82. The van der Waals surface area contributed by atoms with Crippen LogP contribution in [-0.2, 0) is 6.42 Å². The standard InChI is InChI=1S/C20H24FN3/c1-22-20(23-13-11-16-7-9-19(21)10-8-16)24-14-12-18(15-24)17-5-3-2-4-6-17/h2-10,18H,11-15H2,1H3,(H,22,23). The first-order chi connectivity index (χ1) is 11.8. The van der Waals surface area contributed by atoms with E-state index in [-0.39, 0.29) is 5.82 Å². The molecule has 0 saturated carbocycles. The largest absolute Gasteiger partial charge is 0.356 e. The zero-order valence-corrected chi connectivity index (χ0v) is 14.1. The van der Waals surface area contributed by atoms with Crippen LogP contribution in [0.25, 0.3) is 0 Å². The number of rotatable bonds is 4. The van der Waals surface area contributed by atoms with Crippen molar-refractivity contribution in [3.05, 3.63) is 71.5 Å². The Kier molecular flexibility index (Phi) is 5.47. The highest BCUT2D eigenvalue weighted by atomic mass is 19.1. The second-order valence-electron chi connectivity index (χ2n) is 6.19. The second kappa shape index (κ2) is 7.95. The second-order valence-corrected chi connectivity index (χ2v) is 6.19. The van der Waals surface area contributed by atoms with Crippen molar-refractivity contribution in [3.63, 3.8) is 0 Å². The van der Waals surface area contributed by atoms with Crippen molar-refractivity contribution in [1.82, 2.24) is 10.2 Å². The van der Waals surface area contributed by atoms with Crippen molar-refractivity contribution in [3.8, 4) is 0 Å². The molecule has 2 aromatic carbocycles. The molecular weight excluding hydrogens is 301 g/mol. The third-order valence-corrected chi connectivity index (χ3v) is 4.58. The van der Waals surface area contributed by atoms with E-state index in [4.69, 9.17) is 0 Å². The number of guanidine groups is 1. The minimum absolute atomic E-state index is 0.188. The normalized spacial score (nSPS) is 18.0. The van der Waals surface area contributed by atoms with Gasteiger partial charge in [0.05, 0.1) is 0 Å². The smallest absolute Gasteiger partial charge is 0.193 e. The summed E-state index contributed by atoms with van der Waals surface area (Å²) in [6, 6.07) is 17.4. The first-order valence-corrected chi connectivity index (χ1v) is 8.51. The lowest BCUT2D eigenvalue weighted by Gasteiger charge is -2.22. The summed E-state index contributed by atoms with van der Waals surface area (Å²) in [4.78, 5) is 6.74. The van der Waals surface area contributed by atoms with Crippen molar-refractivity contribution in [2.75, 3.05) is 26.7 Å². The van der Waals surface area contributed by atoms with Gasteiger partial charge in [0.2, 0.25) is 0 Å². The lowest BCUT2D eigenvalue weighted by Crippen LogP contribution is -2.40. The lowest BCUT2D eigenvalue weighted by molar-refractivity contribution is 0.486. The van der Waals surface area contributed by atoms with E-state index >= 15 is 0 Å². The van der Waals surface area contributed by atoms with Gasteiger partial charge in [-0.2, -0.15) is 0 Å². The molecule has 1 saturated heterocycles. The number of halogens is 1. The van der Waals surface area contributed by atoms with Crippen molar-refractivity contribution >= 4 is 5.96 Å². The molecule has 1 atom stereocenters. The monoisotopic (exact) mass is 325 g/mol.